The molecule has 0 saturated heterocycles. The van der Waals surface area contributed by atoms with Gasteiger partial charge in [-0.25, -0.2) is 0 Å². The Morgan fingerprint density at radius 3 is 2.56 bits per heavy atom. The molecule has 0 aliphatic rings. The molecule has 0 fully saturated rings. The molecule has 2 rings (SSSR count). The Balaban J connectivity index is 2.01. The number of benzene rings is 2. The normalized spacial score (nSPS) is 10.0. The molecule has 0 aliphatic carbocycles. The van der Waals surface area contributed by atoms with E-state index in [0.717, 1.165) is 24.6 Å². The van der Waals surface area contributed by atoms with Gasteiger partial charge < -0.3 is 10.1 Å². The lowest BCUT2D eigenvalue weighted by atomic mass is 10.2. The Bertz CT molecular complexity index is 493. The first-order chi connectivity index (χ1) is 8.88. The number of nitrogens with one attached hydrogen (secondary N) is 1. The maximum Gasteiger partial charge on any atom is 0.127 e. The van der Waals surface area contributed by atoms with Gasteiger partial charge >= 0.3 is 0 Å². The van der Waals surface area contributed by atoms with E-state index in [2.05, 4.69) is 18.0 Å². The number of hydrogen-bond acceptors (Lipinski definition) is 2. The lowest BCUT2D eigenvalue weighted by Crippen LogP contribution is -2.12. The molecule has 0 atom stereocenters. The fourth-order valence-electron chi connectivity index (χ4n) is 1.66. The van der Waals surface area contributed by atoms with Crippen molar-refractivity contribution in [3.63, 3.8) is 0 Å². The molecular weight excluding hydrogens is 222 g/mol. The van der Waals surface area contributed by atoms with Crippen LogP contribution in [-0.2, 0) is 6.54 Å². The van der Waals surface area contributed by atoms with Gasteiger partial charge in [-0.1, -0.05) is 36.4 Å². The van der Waals surface area contributed by atoms with E-state index >= 15 is 0 Å². The number of para-hydroxylation sites is 1. The van der Waals surface area contributed by atoms with Crippen molar-refractivity contribution in [3.8, 4) is 11.5 Å². The third-order valence-electron chi connectivity index (χ3n) is 2.50. The van der Waals surface area contributed by atoms with Crippen LogP contribution in [0.5, 0.6) is 11.5 Å². The van der Waals surface area contributed by atoms with Gasteiger partial charge in [0, 0.05) is 13.1 Å². The first-order valence-electron chi connectivity index (χ1n) is 6.02. The van der Waals surface area contributed by atoms with Crippen molar-refractivity contribution >= 4 is 0 Å². The van der Waals surface area contributed by atoms with Crippen molar-refractivity contribution < 1.29 is 4.74 Å². The van der Waals surface area contributed by atoms with Gasteiger partial charge in [0.2, 0.25) is 0 Å². The van der Waals surface area contributed by atoms with Crippen molar-refractivity contribution in [3.05, 3.63) is 72.8 Å². The summed E-state index contributed by atoms with van der Waals surface area (Å²) in [5, 5.41) is 3.27. The van der Waals surface area contributed by atoms with Crippen LogP contribution in [0.1, 0.15) is 5.56 Å². The van der Waals surface area contributed by atoms with Gasteiger partial charge in [-0.15, -0.1) is 6.58 Å². The average Bonchev–Trinajstić information content (AvgIpc) is 2.41. The zero-order valence-electron chi connectivity index (χ0n) is 10.3. The van der Waals surface area contributed by atoms with Crippen LogP contribution in [0.25, 0.3) is 0 Å². The summed E-state index contributed by atoms with van der Waals surface area (Å²) in [5.74, 6) is 1.72. The molecule has 2 nitrogen and oxygen atoms in total. The van der Waals surface area contributed by atoms with Crippen LogP contribution in [0.2, 0.25) is 0 Å². The molecule has 0 aliphatic heterocycles. The highest BCUT2D eigenvalue weighted by atomic mass is 16.5. The lowest BCUT2D eigenvalue weighted by Gasteiger charge is -2.07. The predicted molar refractivity (Wildman–Crippen MR) is 74.9 cm³/mol. The van der Waals surface area contributed by atoms with E-state index in [1.54, 1.807) is 0 Å². The third kappa shape index (κ3) is 3.75. The minimum atomic E-state index is 0.809. The highest BCUT2D eigenvalue weighted by Crippen LogP contribution is 2.21. The van der Waals surface area contributed by atoms with E-state index in [9.17, 15) is 0 Å². The number of rotatable bonds is 6. The molecule has 0 amide bonds. The second kappa shape index (κ2) is 6.62. The summed E-state index contributed by atoms with van der Waals surface area (Å²) in [7, 11) is 0. The van der Waals surface area contributed by atoms with Crippen LogP contribution in [-0.4, -0.2) is 6.54 Å². The van der Waals surface area contributed by atoms with Gasteiger partial charge in [0.25, 0.3) is 0 Å². The molecule has 2 heteroatoms. The van der Waals surface area contributed by atoms with Gasteiger partial charge in [-0.3, -0.25) is 0 Å². The molecule has 0 aromatic heterocycles. The quantitative estimate of drug-likeness (QED) is 0.612. The molecule has 2 aromatic rings. The van der Waals surface area contributed by atoms with Crippen LogP contribution in [0.3, 0.4) is 0 Å². The SMILES string of the molecule is C=CCNCc1cccc(Oc2ccccc2)c1. The lowest BCUT2D eigenvalue weighted by molar-refractivity contribution is 0.481. The number of hydrogen-bond donors (Lipinski definition) is 1. The Morgan fingerprint density at radius 2 is 1.78 bits per heavy atom. The topological polar surface area (TPSA) is 21.3 Å². The van der Waals surface area contributed by atoms with Gasteiger partial charge in [0.05, 0.1) is 0 Å². The van der Waals surface area contributed by atoms with Gasteiger partial charge in [-0.2, -0.15) is 0 Å². The smallest absolute Gasteiger partial charge is 0.127 e. The second-order valence-corrected chi connectivity index (χ2v) is 3.98. The van der Waals surface area contributed by atoms with Crippen molar-refractivity contribution in [2.24, 2.45) is 0 Å². The molecule has 18 heavy (non-hydrogen) atoms. The minimum Gasteiger partial charge on any atom is -0.457 e. The fraction of sp³-hybridized carbons (Fsp3) is 0.125. The summed E-state index contributed by atoms with van der Waals surface area (Å²) in [5.41, 5.74) is 1.20. The minimum absolute atomic E-state index is 0.809. The van der Waals surface area contributed by atoms with Crippen LogP contribution in [0.4, 0.5) is 0 Å². The van der Waals surface area contributed by atoms with Gasteiger partial charge in [0.1, 0.15) is 11.5 Å². The Hall–Kier alpha value is -2.06. The molecule has 92 valence electrons. The van der Waals surface area contributed by atoms with E-state index in [0.29, 0.717) is 0 Å². The van der Waals surface area contributed by atoms with Gasteiger partial charge in [0.15, 0.2) is 0 Å². The van der Waals surface area contributed by atoms with Crippen LogP contribution >= 0.6 is 0 Å². The molecule has 0 unspecified atom stereocenters. The first-order valence-corrected chi connectivity index (χ1v) is 6.02. The van der Waals surface area contributed by atoms with E-state index in [1.165, 1.54) is 5.56 Å². The van der Waals surface area contributed by atoms with Crippen LogP contribution in [0.15, 0.2) is 67.3 Å². The summed E-state index contributed by atoms with van der Waals surface area (Å²) in [6.45, 7) is 5.30. The summed E-state index contributed by atoms with van der Waals surface area (Å²) in [6, 6.07) is 17.9. The predicted octanol–water partition coefficient (Wildman–Crippen LogP) is 3.75. The summed E-state index contributed by atoms with van der Waals surface area (Å²) in [6.07, 6.45) is 1.85. The highest BCUT2D eigenvalue weighted by molar-refractivity contribution is 5.33. The molecular formula is C16H17NO. The fourth-order valence-corrected chi connectivity index (χ4v) is 1.66. The van der Waals surface area contributed by atoms with Crippen LogP contribution in [0, 0.1) is 0 Å². The maximum absolute atomic E-state index is 5.78. The summed E-state index contributed by atoms with van der Waals surface area (Å²) < 4.78 is 5.78. The zero-order chi connectivity index (χ0) is 12.6. The second-order valence-electron chi connectivity index (χ2n) is 3.98. The standard InChI is InChI=1S/C16H17NO/c1-2-11-17-13-14-7-6-10-16(12-14)18-15-8-4-3-5-9-15/h2-10,12,17H,1,11,13H2. The molecule has 0 heterocycles. The monoisotopic (exact) mass is 239 g/mol. The molecule has 0 radical (unpaired) electrons. The first kappa shape index (κ1) is 12.4. The summed E-state index contributed by atoms with van der Waals surface area (Å²) in [4.78, 5) is 0. The van der Waals surface area contributed by atoms with Crippen molar-refractivity contribution in [1.82, 2.24) is 5.32 Å². The Kier molecular flexibility index (Phi) is 4.56. The van der Waals surface area contributed by atoms with Gasteiger partial charge in [-0.05, 0) is 29.8 Å². The van der Waals surface area contributed by atoms with E-state index < -0.39 is 0 Å². The molecule has 0 bridgehead atoms. The molecule has 0 saturated carbocycles. The molecule has 2 aromatic carbocycles. The number of ether oxygens (including phenoxy) is 1. The van der Waals surface area contributed by atoms with Crippen molar-refractivity contribution in [2.75, 3.05) is 6.54 Å². The maximum atomic E-state index is 5.78. The molecule has 1 N–H and O–H groups in total. The van der Waals surface area contributed by atoms with Crippen molar-refractivity contribution in [2.45, 2.75) is 6.54 Å². The van der Waals surface area contributed by atoms with Crippen molar-refractivity contribution in [1.29, 1.82) is 0 Å². The summed E-state index contributed by atoms with van der Waals surface area (Å²) >= 11 is 0. The third-order valence-corrected chi connectivity index (χ3v) is 2.50. The van der Waals surface area contributed by atoms with E-state index in [1.807, 2.05) is 54.6 Å². The largest absolute Gasteiger partial charge is 0.457 e. The Labute approximate surface area is 108 Å². The Morgan fingerprint density at radius 1 is 1.00 bits per heavy atom. The van der Waals surface area contributed by atoms with E-state index in [4.69, 9.17) is 4.74 Å². The van der Waals surface area contributed by atoms with Crippen LogP contribution < -0.4 is 10.1 Å². The molecule has 0 spiro atoms. The highest BCUT2D eigenvalue weighted by Gasteiger charge is 1.98. The average molecular weight is 239 g/mol. The van der Waals surface area contributed by atoms with E-state index in [-0.39, 0.29) is 0 Å². The zero-order valence-corrected chi connectivity index (χ0v) is 10.3.